The van der Waals surface area contributed by atoms with Crippen molar-refractivity contribution in [3.8, 4) is 0 Å². The summed E-state index contributed by atoms with van der Waals surface area (Å²) in [5.41, 5.74) is 0.836. The predicted molar refractivity (Wildman–Crippen MR) is 89.8 cm³/mol. The molecule has 0 heterocycles. The van der Waals surface area contributed by atoms with Crippen molar-refractivity contribution in [1.82, 2.24) is 9.80 Å². The molecule has 7 heteroatoms. The summed E-state index contributed by atoms with van der Waals surface area (Å²) in [6.45, 7) is 2.09. The van der Waals surface area contributed by atoms with Crippen LogP contribution >= 0.6 is 23.2 Å². The summed E-state index contributed by atoms with van der Waals surface area (Å²) in [4.78, 5) is 26.9. The molecule has 1 fully saturated rings. The van der Waals surface area contributed by atoms with Crippen LogP contribution in [0.2, 0.25) is 10.0 Å². The van der Waals surface area contributed by atoms with Crippen molar-refractivity contribution in [3.63, 3.8) is 0 Å². The zero-order valence-electron chi connectivity index (χ0n) is 13.1. The second-order valence-corrected chi connectivity index (χ2v) is 6.82. The molecule has 0 spiro atoms. The van der Waals surface area contributed by atoms with Gasteiger partial charge < -0.3 is 10.0 Å². The van der Waals surface area contributed by atoms with E-state index >= 15 is 0 Å². The minimum absolute atomic E-state index is 0.100. The van der Waals surface area contributed by atoms with Crippen LogP contribution in [0.25, 0.3) is 0 Å². The van der Waals surface area contributed by atoms with Crippen molar-refractivity contribution in [2.75, 3.05) is 13.6 Å². The van der Waals surface area contributed by atoms with Gasteiger partial charge in [-0.15, -0.1) is 0 Å². The molecule has 1 aromatic rings. The number of halogens is 2. The Hall–Kier alpha value is -1.30. The van der Waals surface area contributed by atoms with Gasteiger partial charge in [-0.3, -0.25) is 14.5 Å². The SMILES string of the molecule is CC(C(=O)O)N(CC(=O)N(C)Cc1cc(Cl)cc(Cl)c1)C1CC1. The Labute approximate surface area is 145 Å². The van der Waals surface area contributed by atoms with Gasteiger partial charge in [0.25, 0.3) is 0 Å². The number of hydrogen-bond acceptors (Lipinski definition) is 3. The summed E-state index contributed by atoms with van der Waals surface area (Å²) < 4.78 is 0. The Balaban J connectivity index is 1.99. The maximum atomic E-state index is 12.4. The van der Waals surface area contributed by atoms with Crippen molar-refractivity contribution in [2.45, 2.75) is 38.4 Å². The molecule has 1 aliphatic rings. The first-order valence-corrected chi connectivity index (χ1v) is 8.21. The summed E-state index contributed by atoms with van der Waals surface area (Å²) in [6.07, 6.45) is 1.89. The highest BCUT2D eigenvalue weighted by Crippen LogP contribution is 2.28. The molecule has 0 radical (unpaired) electrons. The molecule has 5 nitrogen and oxygen atoms in total. The van der Waals surface area contributed by atoms with E-state index in [0.29, 0.717) is 16.6 Å². The average Bonchev–Trinajstić information content (AvgIpc) is 3.26. The molecule has 1 aromatic carbocycles. The molecule has 1 unspecified atom stereocenters. The maximum absolute atomic E-state index is 12.4. The van der Waals surface area contributed by atoms with Gasteiger partial charge in [-0.2, -0.15) is 0 Å². The van der Waals surface area contributed by atoms with E-state index in [1.165, 1.54) is 0 Å². The van der Waals surface area contributed by atoms with Gasteiger partial charge in [0.05, 0.1) is 6.54 Å². The number of carboxylic acid groups (broad SMARTS) is 1. The monoisotopic (exact) mass is 358 g/mol. The van der Waals surface area contributed by atoms with Gasteiger partial charge in [0.2, 0.25) is 5.91 Å². The number of rotatable bonds is 7. The fraction of sp³-hybridized carbons (Fsp3) is 0.500. The van der Waals surface area contributed by atoms with E-state index in [0.717, 1.165) is 18.4 Å². The van der Waals surface area contributed by atoms with Crippen LogP contribution in [0, 0.1) is 0 Å². The molecule has 126 valence electrons. The molecule has 23 heavy (non-hydrogen) atoms. The lowest BCUT2D eigenvalue weighted by atomic mass is 10.2. The highest BCUT2D eigenvalue weighted by Gasteiger charge is 2.36. The second kappa shape index (κ2) is 7.51. The Morgan fingerprint density at radius 2 is 1.83 bits per heavy atom. The Bertz CT molecular complexity index is 585. The minimum atomic E-state index is -0.908. The van der Waals surface area contributed by atoms with Gasteiger partial charge >= 0.3 is 5.97 Å². The lowest BCUT2D eigenvalue weighted by molar-refractivity contribution is -0.144. The molecule has 1 N–H and O–H groups in total. The first-order valence-electron chi connectivity index (χ1n) is 7.45. The predicted octanol–water partition coefficient (Wildman–Crippen LogP) is 2.89. The Morgan fingerprint density at radius 1 is 1.26 bits per heavy atom. The van der Waals surface area contributed by atoms with E-state index in [1.807, 2.05) is 0 Å². The molecule has 0 saturated heterocycles. The van der Waals surface area contributed by atoms with Gasteiger partial charge in [-0.05, 0) is 43.5 Å². The minimum Gasteiger partial charge on any atom is -0.480 e. The smallest absolute Gasteiger partial charge is 0.320 e. The second-order valence-electron chi connectivity index (χ2n) is 5.95. The van der Waals surface area contributed by atoms with Crippen LogP contribution in [0.15, 0.2) is 18.2 Å². The topological polar surface area (TPSA) is 60.9 Å². The van der Waals surface area contributed by atoms with Crippen LogP contribution in [0.3, 0.4) is 0 Å². The standard InChI is InChI=1S/C16H20Cl2N2O3/c1-10(16(22)23)20(14-3-4-14)9-15(21)19(2)8-11-5-12(17)7-13(18)6-11/h5-7,10,14H,3-4,8-9H2,1-2H3,(H,22,23). The van der Waals surface area contributed by atoms with E-state index in [-0.39, 0.29) is 18.5 Å². The van der Waals surface area contributed by atoms with E-state index in [1.54, 1.807) is 42.0 Å². The molecule has 2 rings (SSSR count). The normalized spacial score (nSPS) is 15.5. The molecule has 1 amide bonds. The fourth-order valence-electron chi connectivity index (χ4n) is 2.47. The number of carbonyl (C=O) groups excluding carboxylic acids is 1. The van der Waals surface area contributed by atoms with Crippen LogP contribution in [-0.4, -0.2) is 52.5 Å². The zero-order chi connectivity index (χ0) is 17.1. The van der Waals surface area contributed by atoms with E-state index in [2.05, 4.69) is 0 Å². The van der Waals surface area contributed by atoms with E-state index < -0.39 is 12.0 Å². The quantitative estimate of drug-likeness (QED) is 0.813. The fourth-order valence-corrected chi connectivity index (χ4v) is 3.04. The third-order valence-electron chi connectivity index (χ3n) is 3.96. The number of nitrogens with zero attached hydrogens (tertiary/aromatic N) is 2. The number of aliphatic carboxylic acids is 1. The van der Waals surface area contributed by atoms with Crippen molar-refractivity contribution in [2.24, 2.45) is 0 Å². The van der Waals surface area contributed by atoms with Crippen molar-refractivity contribution in [1.29, 1.82) is 0 Å². The van der Waals surface area contributed by atoms with Crippen molar-refractivity contribution >= 4 is 35.1 Å². The van der Waals surface area contributed by atoms with Crippen LogP contribution in [-0.2, 0) is 16.1 Å². The maximum Gasteiger partial charge on any atom is 0.320 e. The largest absolute Gasteiger partial charge is 0.480 e. The summed E-state index contributed by atoms with van der Waals surface area (Å²) >= 11 is 11.9. The van der Waals surface area contributed by atoms with Crippen LogP contribution in [0.1, 0.15) is 25.3 Å². The number of hydrogen-bond donors (Lipinski definition) is 1. The lowest BCUT2D eigenvalue weighted by Crippen LogP contribution is -2.46. The van der Waals surface area contributed by atoms with Crippen molar-refractivity contribution in [3.05, 3.63) is 33.8 Å². The number of carboxylic acids is 1. The molecule has 1 aliphatic carbocycles. The zero-order valence-corrected chi connectivity index (χ0v) is 14.6. The van der Waals surface area contributed by atoms with Crippen LogP contribution in [0.5, 0.6) is 0 Å². The lowest BCUT2D eigenvalue weighted by Gasteiger charge is -2.28. The van der Waals surface area contributed by atoms with E-state index in [4.69, 9.17) is 23.2 Å². The summed E-state index contributed by atoms with van der Waals surface area (Å²) in [6, 6.07) is 4.68. The molecule has 0 bridgehead atoms. The summed E-state index contributed by atoms with van der Waals surface area (Å²) in [5.74, 6) is -1.03. The number of amides is 1. The van der Waals surface area contributed by atoms with Crippen molar-refractivity contribution < 1.29 is 14.7 Å². The molecule has 0 aromatic heterocycles. The van der Waals surface area contributed by atoms with Gasteiger partial charge in [-0.25, -0.2) is 0 Å². The molecule has 1 saturated carbocycles. The van der Waals surface area contributed by atoms with Gasteiger partial charge in [0, 0.05) is 29.7 Å². The van der Waals surface area contributed by atoms with Crippen LogP contribution < -0.4 is 0 Å². The van der Waals surface area contributed by atoms with Crippen LogP contribution in [0.4, 0.5) is 0 Å². The Morgan fingerprint density at radius 3 is 2.30 bits per heavy atom. The average molecular weight is 359 g/mol. The van der Waals surface area contributed by atoms with Gasteiger partial charge in [0.15, 0.2) is 0 Å². The molecular formula is C16H20Cl2N2O3. The number of carbonyl (C=O) groups is 2. The first-order chi connectivity index (χ1) is 10.8. The molecule has 1 atom stereocenters. The molecule has 0 aliphatic heterocycles. The Kier molecular flexibility index (Phi) is 5.89. The third kappa shape index (κ3) is 5.09. The summed E-state index contributed by atoms with van der Waals surface area (Å²) in [5, 5.41) is 10.2. The van der Waals surface area contributed by atoms with Gasteiger partial charge in [0.1, 0.15) is 6.04 Å². The number of benzene rings is 1. The highest BCUT2D eigenvalue weighted by atomic mass is 35.5. The summed E-state index contributed by atoms with van der Waals surface area (Å²) in [7, 11) is 1.69. The number of likely N-dealkylation sites (N-methyl/N-ethyl adjacent to an activating group) is 1. The molecular weight excluding hydrogens is 339 g/mol. The van der Waals surface area contributed by atoms with E-state index in [9.17, 15) is 14.7 Å². The van der Waals surface area contributed by atoms with Gasteiger partial charge in [-0.1, -0.05) is 23.2 Å². The highest BCUT2D eigenvalue weighted by molar-refractivity contribution is 6.34. The third-order valence-corrected chi connectivity index (χ3v) is 4.39. The first kappa shape index (κ1) is 18.0.